The van der Waals surface area contributed by atoms with Crippen molar-refractivity contribution in [2.24, 2.45) is 16.8 Å². The van der Waals surface area contributed by atoms with Gasteiger partial charge in [0.25, 0.3) is 0 Å². The minimum absolute atomic E-state index is 0.130. The molecule has 138 valence electrons. The van der Waals surface area contributed by atoms with Gasteiger partial charge in [0.15, 0.2) is 5.96 Å². The van der Waals surface area contributed by atoms with Crippen LogP contribution in [0.25, 0.3) is 0 Å². The van der Waals surface area contributed by atoms with Crippen molar-refractivity contribution in [1.82, 2.24) is 10.2 Å². The van der Waals surface area contributed by atoms with Crippen molar-refractivity contribution in [2.75, 3.05) is 40.9 Å². The first-order valence-electron chi connectivity index (χ1n) is 8.31. The van der Waals surface area contributed by atoms with Crippen LogP contribution in [0.5, 0.6) is 0 Å². The first kappa shape index (κ1) is 19.5. The fourth-order valence-corrected chi connectivity index (χ4v) is 3.36. The van der Waals surface area contributed by atoms with Gasteiger partial charge in [0.2, 0.25) is 0 Å². The molecule has 0 radical (unpaired) electrons. The number of aliphatic imine (C=N–C) groups is 1. The lowest BCUT2D eigenvalue weighted by Gasteiger charge is -2.24. The second-order valence-electron chi connectivity index (χ2n) is 6.22. The van der Waals surface area contributed by atoms with Crippen LogP contribution in [-0.4, -0.2) is 57.7 Å². The van der Waals surface area contributed by atoms with E-state index in [4.69, 9.17) is 21.1 Å². The molecular weight excluding hydrogens is 342 g/mol. The van der Waals surface area contributed by atoms with Gasteiger partial charge in [0.1, 0.15) is 0 Å². The van der Waals surface area contributed by atoms with Gasteiger partial charge in [0.05, 0.1) is 19.1 Å². The van der Waals surface area contributed by atoms with E-state index >= 15 is 0 Å². The van der Waals surface area contributed by atoms with Crippen molar-refractivity contribution in [3.8, 4) is 0 Å². The highest BCUT2D eigenvalue weighted by molar-refractivity contribution is 6.30. The zero-order valence-corrected chi connectivity index (χ0v) is 15.9. The normalized spacial score (nSPS) is 22.0. The summed E-state index contributed by atoms with van der Waals surface area (Å²) in [6.07, 6.45) is -0.146. The number of ether oxygens (including phenoxy) is 2. The van der Waals surface area contributed by atoms with Crippen molar-refractivity contribution >= 4 is 23.5 Å². The molecule has 1 heterocycles. The fourth-order valence-electron chi connectivity index (χ4n) is 3.16. The molecule has 0 bridgehead atoms. The Kier molecular flexibility index (Phi) is 7.08. The van der Waals surface area contributed by atoms with Crippen molar-refractivity contribution in [1.29, 1.82) is 0 Å². The Labute approximate surface area is 154 Å². The Bertz CT molecular complexity index is 623. The number of nitrogens with zero attached hydrogens (tertiary/aromatic N) is 2. The molecule has 1 fully saturated rings. The van der Waals surface area contributed by atoms with Crippen LogP contribution in [0.1, 0.15) is 18.6 Å². The largest absolute Gasteiger partial charge is 0.469 e. The summed E-state index contributed by atoms with van der Waals surface area (Å²) in [5.41, 5.74) is 1.00. The third kappa shape index (κ3) is 4.86. The van der Waals surface area contributed by atoms with E-state index in [-0.39, 0.29) is 23.9 Å². The second kappa shape index (κ2) is 9.06. The lowest BCUT2D eigenvalue weighted by molar-refractivity contribution is -0.145. The SMILES string of the molecule is CN=C(NCC(OC)c1cccc(Cl)c1)N1CC(C)C(C(=O)OC)C1. The van der Waals surface area contributed by atoms with Gasteiger partial charge in [-0.25, -0.2) is 0 Å². The summed E-state index contributed by atoms with van der Waals surface area (Å²) >= 11 is 6.06. The van der Waals surface area contributed by atoms with E-state index in [1.165, 1.54) is 7.11 Å². The highest BCUT2D eigenvalue weighted by Gasteiger charge is 2.36. The molecular formula is C18H26ClN3O3. The van der Waals surface area contributed by atoms with Gasteiger partial charge in [-0.15, -0.1) is 0 Å². The molecule has 0 spiro atoms. The van der Waals surface area contributed by atoms with E-state index in [1.54, 1.807) is 14.2 Å². The Hall–Kier alpha value is -1.79. The van der Waals surface area contributed by atoms with E-state index in [2.05, 4.69) is 22.1 Å². The van der Waals surface area contributed by atoms with Gasteiger partial charge in [-0.05, 0) is 23.6 Å². The fraction of sp³-hybridized carbons (Fsp3) is 0.556. The maximum atomic E-state index is 11.9. The van der Waals surface area contributed by atoms with Gasteiger partial charge in [-0.3, -0.25) is 9.79 Å². The summed E-state index contributed by atoms with van der Waals surface area (Å²) in [7, 11) is 4.83. The first-order valence-corrected chi connectivity index (χ1v) is 8.69. The molecule has 1 saturated heterocycles. The summed E-state index contributed by atoms with van der Waals surface area (Å²) in [4.78, 5) is 18.3. The highest BCUT2D eigenvalue weighted by Crippen LogP contribution is 2.24. The first-order chi connectivity index (χ1) is 12.0. The quantitative estimate of drug-likeness (QED) is 0.491. The molecule has 25 heavy (non-hydrogen) atoms. The third-order valence-corrected chi connectivity index (χ3v) is 4.81. The number of methoxy groups -OCH3 is 2. The summed E-state index contributed by atoms with van der Waals surface area (Å²) in [5, 5.41) is 4.01. The summed E-state index contributed by atoms with van der Waals surface area (Å²) in [5.74, 6) is 0.674. The van der Waals surface area contributed by atoms with E-state index in [9.17, 15) is 4.79 Å². The van der Waals surface area contributed by atoms with Gasteiger partial charge in [0, 0.05) is 38.8 Å². The number of hydrogen-bond donors (Lipinski definition) is 1. The number of carbonyl (C=O) groups excluding carboxylic acids is 1. The molecule has 1 aliphatic heterocycles. The summed E-state index contributed by atoms with van der Waals surface area (Å²) in [6, 6.07) is 7.62. The van der Waals surface area contributed by atoms with Crippen LogP contribution in [-0.2, 0) is 14.3 Å². The topological polar surface area (TPSA) is 63.2 Å². The summed E-state index contributed by atoms with van der Waals surface area (Å²) in [6.45, 7) is 3.96. The number of likely N-dealkylation sites (tertiary alicyclic amines) is 1. The number of carbonyl (C=O) groups is 1. The van der Waals surface area contributed by atoms with Gasteiger partial charge in [-0.1, -0.05) is 30.7 Å². The summed E-state index contributed by atoms with van der Waals surface area (Å²) < 4.78 is 10.5. The lowest BCUT2D eigenvalue weighted by Crippen LogP contribution is -2.42. The molecule has 0 aromatic heterocycles. The average molecular weight is 368 g/mol. The maximum Gasteiger partial charge on any atom is 0.310 e. The lowest BCUT2D eigenvalue weighted by atomic mass is 9.99. The highest BCUT2D eigenvalue weighted by atomic mass is 35.5. The third-order valence-electron chi connectivity index (χ3n) is 4.58. The molecule has 0 aliphatic carbocycles. The number of guanidine groups is 1. The predicted molar refractivity (Wildman–Crippen MR) is 98.8 cm³/mol. The molecule has 3 atom stereocenters. The van der Waals surface area contributed by atoms with Crippen LogP contribution < -0.4 is 5.32 Å². The van der Waals surface area contributed by atoms with Crippen molar-refractivity contribution < 1.29 is 14.3 Å². The molecule has 1 aliphatic rings. The van der Waals surface area contributed by atoms with E-state index in [0.29, 0.717) is 18.1 Å². The number of nitrogens with one attached hydrogen (secondary N) is 1. The smallest absolute Gasteiger partial charge is 0.310 e. The van der Waals surface area contributed by atoms with E-state index in [1.807, 2.05) is 24.3 Å². The number of halogens is 1. The van der Waals surface area contributed by atoms with Crippen molar-refractivity contribution in [2.45, 2.75) is 13.0 Å². The molecule has 1 N–H and O–H groups in total. The van der Waals surface area contributed by atoms with Crippen LogP contribution in [0.3, 0.4) is 0 Å². The number of hydrogen-bond acceptors (Lipinski definition) is 4. The Morgan fingerprint density at radius 3 is 2.80 bits per heavy atom. The minimum Gasteiger partial charge on any atom is -0.469 e. The molecule has 0 amide bonds. The zero-order valence-electron chi connectivity index (χ0n) is 15.2. The Morgan fingerprint density at radius 1 is 1.44 bits per heavy atom. The number of esters is 1. The van der Waals surface area contributed by atoms with Crippen LogP contribution in [0.4, 0.5) is 0 Å². The monoisotopic (exact) mass is 367 g/mol. The van der Waals surface area contributed by atoms with Gasteiger partial charge < -0.3 is 19.7 Å². The molecule has 1 aromatic carbocycles. The Morgan fingerprint density at radius 2 is 2.20 bits per heavy atom. The van der Waals surface area contributed by atoms with Gasteiger partial charge in [-0.2, -0.15) is 0 Å². The number of rotatable bonds is 5. The van der Waals surface area contributed by atoms with Crippen LogP contribution in [0, 0.1) is 11.8 Å². The molecule has 6 nitrogen and oxygen atoms in total. The van der Waals surface area contributed by atoms with E-state index in [0.717, 1.165) is 18.1 Å². The number of benzene rings is 1. The molecule has 7 heteroatoms. The molecule has 3 unspecified atom stereocenters. The molecule has 0 saturated carbocycles. The average Bonchev–Trinajstić information content (AvgIpc) is 2.99. The van der Waals surface area contributed by atoms with Crippen LogP contribution in [0.2, 0.25) is 5.02 Å². The van der Waals surface area contributed by atoms with Gasteiger partial charge >= 0.3 is 5.97 Å². The van der Waals surface area contributed by atoms with E-state index < -0.39 is 0 Å². The Balaban J connectivity index is 1.99. The van der Waals surface area contributed by atoms with Crippen LogP contribution in [0.15, 0.2) is 29.3 Å². The van der Waals surface area contributed by atoms with Crippen molar-refractivity contribution in [3.63, 3.8) is 0 Å². The zero-order chi connectivity index (χ0) is 18.4. The molecule has 1 aromatic rings. The van der Waals surface area contributed by atoms with Crippen LogP contribution >= 0.6 is 11.6 Å². The standard InChI is InChI=1S/C18H26ClN3O3/c1-12-10-22(11-15(12)17(23)25-4)18(20-2)21-9-16(24-3)13-6-5-7-14(19)8-13/h5-8,12,15-16H,9-11H2,1-4H3,(H,20,21). The minimum atomic E-state index is -0.167. The molecule has 2 rings (SSSR count). The van der Waals surface area contributed by atoms with Crippen molar-refractivity contribution in [3.05, 3.63) is 34.9 Å². The maximum absolute atomic E-state index is 11.9. The second-order valence-corrected chi connectivity index (χ2v) is 6.66. The predicted octanol–water partition coefficient (Wildman–Crippen LogP) is 2.34.